The van der Waals surface area contributed by atoms with Gasteiger partial charge in [0.05, 0.1) is 12.3 Å². The number of amides is 2. The van der Waals surface area contributed by atoms with Crippen molar-refractivity contribution in [1.29, 1.82) is 0 Å². The lowest BCUT2D eigenvalue weighted by atomic mass is 10.0. The lowest BCUT2D eigenvalue weighted by Gasteiger charge is -2.28. The Hall–Kier alpha value is -3.11. The highest BCUT2D eigenvalue weighted by Crippen LogP contribution is 2.31. The molecule has 0 spiro atoms. The highest BCUT2D eigenvalue weighted by atomic mass is 127. The number of halogens is 2. The molecule has 3 aromatic rings. The van der Waals surface area contributed by atoms with Gasteiger partial charge in [-0.1, -0.05) is 30.3 Å². The third kappa shape index (κ3) is 5.18. The number of nitrogens with one attached hydrogen (secondary N) is 1. The molecule has 3 aromatic carbocycles. The fourth-order valence-corrected chi connectivity index (χ4v) is 4.75. The molecule has 1 fully saturated rings. The number of anilines is 1. The maximum Gasteiger partial charge on any atom is 0.270 e. The van der Waals surface area contributed by atoms with Crippen molar-refractivity contribution in [2.24, 2.45) is 0 Å². The second-order valence-corrected chi connectivity index (χ2v) is 9.06. The Balaban J connectivity index is 1.72. The quantitative estimate of drug-likeness (QED) is 0.186. The highest BCUT2D eigenvalue weighted by Gasteiger charge is 2.34. The number of thiocarbonyl (C=S) groups is 1. The summed E-state index contributed by atoms with van der Waals surface area (Å²) in [7, 11) is 0. The summed E-state index contributed by atoms with van der Waals surface area (Å²) in [5.74, 6) is -0.741. The minimum absolute atomic E-state index is 0.0337. The van der Waals surface area contributed by atoms with E-state index in [1.165, 1.54) is 23.1 Å². The topological polar surface area (TPSA) is 58.6 Å². The molecule has 2 amide bonds. The number of para-hydroxylation sites is 1. The normalized spacial score (nSPS) is 15.0. The third-order valence-electron chi connectivity index (χ3n) is 5.17. The molecule has 0 unspecified atom stereocenters. The Morgan fingerprint density at radius 3 is 2.56 bits per heavy atom. The molecule has 1 saturated heterocycles. The molecule has 0 aromatic heterocycles. The van der Waals surface area contributed by atoms with Gasteiger partial charge in [-0.15, -0.1) is 0 Å². The van der Waals surface area contributed by atoms with Crippen LogP contribution in [0.15, 0.2) is 72.3 Å². The van der Waals surface area contributed by atoms with E-state index in [1.54, 1.807) is 36.4 Å². The maximum absolute atomic E-state index is 13.7. The average Bonchev–Trinajstić information content (AvgIpc) is 2.80. The monoisotopic (exact) mass is 586 g/mol. The van der Waals surface area contributed by atoms with Gasteiger partial charge >= 0.3 is 0 Å². The largest absolute Gasteiger partial charge is 0.494 e. The van der Waals surface area contributed by atoms with E-state index < -0.39 is 11.8 Å². The molecule has 172 valence electrons. The Labute approximate surface area is 215 Å². The van der Waals surface area contributed by atoms with E-state index in [1.807, 2.05) is 25.1 Å². The lowest BCUT2D eigenvalue weighted by molar-refractivity contribution is -0.122. The van der Waals surface area contributed by atoms with E-state index >= 15 is 0 Å². The Morgan fingerprint density at radius 2 is 1.85 bits per heavy atom. The molecule has 4 rings (SSSR count). The molecule has 0 bridgehead atoms. The van der Waals surface area contributed by atoms with Crippen molar-refractivity contribution in [2.45, 2.75) is 13.3 Å². The predicted molar refractivity (Wildman–Crippen MR) is 142 cm³/mol. The number of carbonyl (C=O) groups is 2. The van der Waals surface area contributed by atoms with Gasteiger partial charge in [0.15, 0.2) is 5.11 Å². The summed E-state index contributed by atoms with van der Waals surface area (Å²) in [6.45, 7) is 2.31. The summed E-state index contributed by atoms with van der Waals surface area (Å²) >= 11 is 7.43. The van der Waals surface area contributed by atoms with Crippen molar-refractivity contribution in [1.82, 2.24) is 5.32 Å². The molecule has 0 aliphatic carbocycles. The second kappa shape index (κ2) is 10.4. The Morgan fingerprint density at radius 1 is 1.09 bits per heavy atom. The molecule has 8 heteroatoms. The van der Waals surface area contributed by atoms with Gasteiger partial charge in [0, 0.05) is 15.6 Å². The van der Waals surface area contributed by atoms with Gasteiger partial charge < -0.3 is 4.74 Å². The van der Waals surface area contributed by atoms with Crippen LogP contribution in [0.2, 0.25) is 0 Å². The number of hydrogen-bond acceptors (Lipinski definition) is 4. The smallest absolute Gasteiger partial charge is 0.270 e. The molecule has 1 heterocycles. The van der Waals surface area contributed by atoms with Crippen LogP contribution in [0.5, 0.6) is 5.75 Å². The van der Waals surface area contributed by atoms with Gasteiger partial charge in [-0.2, -0.15) is 0 Å². The van der Waals surface area contributed by atoms with Crippen LogP contribution in [0.1, 0.15) is 23.6 Å². The number of hydrogen-bond donors (Lipinski definition) is 1. The summed E-state index contributed by atoms with van der Waals surface area (Å²) in [5.41, 5.74) is 2.89. The van der Waals surface area contributed by atoms with Crippen LogP contribution in [0.3, 0.4) is 0 Å². The molecule has 5 nitrogen and oxygen atoms in total. The van der Waals surface area contributed by atoms with Gasteiger partial charge in [0.1, 0.15) is 17.1 Å². The zero-order chi connectivity index (χ0) is 24.2. The molecule has 1 aliphatic heterocycles. The molecular formula is C26H20FIN2O3S. The van der Waals surface area contributed by atoms with Crippen molar-refractivity contribution in [3.05, 3.63) is 98.4 Å². The Bertz CT molecular complexity index is 1310. The number of carbonyl (C=O) groups excluding carboxylic acids is 2. The second-order valence-electron chi connectivity index (χ2n) is 7.51. The third-order valence-corrected chi connectivity index (χ3v) is 6.42. The zero-order valence-electron chi connectivity index (χ0n) is 18.2. The van der Waals surface area contributed by atoms with Crippen molar-refractivity contribution in [3.63, 3.8) is 0 Å². The molecule has 1 N–H and O–H groups in total. The van der Waals surface area contributed by atoms with Gasteiger partial charge in [-0.05, 0) is 95.3 Å². The number of rotatable bonds is 6. The van der Waals surface area contributed by atoms with Gasteiger partial charge in [0.25, 0.3) is 11.8 Å². The van der Waals surface area contributed by atoms with Gasteiger partial charge in [0.2, 0.25) is 0 Å². The van der Waals surface area contributed by atoms with Crippen molar-refractivity contribution >= 4 is 63.5 Å². The van der Waals surface area contributed by atoms with Crippen LogP contribution in [-0.4, -0.2) is 23.5 Å². The molecule has 0 atom stereocenters. The number of nitrogens with zero attached hydrogens (tertiary/aromatic N) is 1. The van der Waals surface area contributed by atoms with E-state index in [0.717, 1.165) is 14.7 Å². The van der Waals surface area contributed by atoms with E-state index in [4.69, 9.17) is 17.0 Å². The van der Waals surface area contributed by atoms with Crippen LogP contribution in [0, 0.1) is 9.39 Å². The van der Waals surface area contributed by atoms with E-state index in [0.29, 0.717) is 30.0 Å². The zero-order valence-corrected chi connectivity index (χ0v) is 21.2. The molecule has 1 aliphatic rings. The first kappa shape index (κ1) is 24.0. The van der Waals surface area contributed by atoms with E-state index in [9.17, 15) is 14.0 Å². The molecule has 0 saturated carbocycles. The van der Waals surface area contributed by atoms with Crippen LogP contribution < -0.4 is 15.0 Å². The Kier molecular flexibility index (Phi) is 7.38. The standard InChI is InChI=1S/C26H20FIN2O3S/c1-2-33-23-15-17(14-22(28)20(23)12-16-7-6-8-18(27)11-16)13-21-24(31)29-26(34)30(25(21)32)19-9-4-3-5-10-19/h3-11,13-15H,2,12H2,1H3,(H,29,31,34)/b21-13-. The summed E-state index contributed by atoms with van der Waals surface area (Å²) in [4.78, 5) is 27.2. The molecular weight excluding hydrogens is 566 g/mol. The van der Waals surface area contributed by atoms with Crippen molar-refractivity contribution in [2.75, 3.05) is 11.5 Å². The fraction of sp³-hybridized carbons (Fsp3) is 0.115. The van der Waals surface area contributed by atoms with Crippen molar-refractivity contribution < 1.29 is 18.7 Å². The SMILES string of the molecule is CCOc1cc(/C=C2/C(=O)NC(=S)N(c3ccccc3)C2=O)cc(I)c1Cc1cccc(F)c1. The maximum atomic E-state index is 13.7. The lowest BCUT2D eigenvalue weighted by Crippen LogP contribution is -2.54. The summed E-state index contributed by atoms with van der Waals surface area (Å²) in [6.07, 6.45) is 2.02. The average molecular weight is 586 g/mol. The summed E-state index contributed by atoms with van der Waals surface area (Å²) < 4.78 is 20.4. The predicted octanol–water partition coefficient (Wildman–Crippen LogP) is 5.25. The number of ether oxygens (including phenoxy) is 1. The van der Waals surface area contributed by atoms with Gasteiger partial charge in [-0.25, -0.2) is 4.39 Å². The highest BCUT2D eigenvalue weighted by molar-refractivity contribution is 14.1. The minimum atomic E-state index is -0.556. The van der Waals surface area contributed by atoms with Crippen molar-refractivity contribution in [3.8, 4) is 5.75 Å². The summed E-state index contributed by atoms with van der Waals surface area (Å²) in [6, 6.07) is 19.0. The van der Waals surface area contributed by atoms with Crippen LogP contribution >= 0.6 is 34.8 Å². The van der Waals surface area contributed by atoms with Crippen LogP contribution in [0.25, 0.3) is 6.08 Å². The molecule has 0 radical (unpaired) electrons. The molecule has 34 heavy (non-hydrogen) atoms. The van der Waals surface area contributed by atoms with Crippen LogP contribution in [0.4, 0.5) is 10.1 Å². The first-order chi connectivity index (χ1) is 16.4. The number of benzene rings is 3. The minimum Gasteiger partial charge on any atom is -0.494 e. The van der Waals surface area contributed by atoms with Crippen LogP contribution in [-0.2, 0) is 16.0 Å². The first-order valence-corrected chi connectivity index (χ1v) is 12.0. The summed E-state index contributed by atoms with van der Waals surface area (Å²) in [5, 5.41) is 2.63. The first-order valence-electron chi connectivity index (χ1n) is 10.5. The van der Waals surface area contributed by atoms with E-state index in [2.05, 4.69) is 27.9 Å². The van der Waals surface area contributed by atoms with Gasteiger partial charge in [-0.3, -0.25) is 19.8 Å². The van der Waals surface area contributed by atoms with E-state index in [-0.39, 0.29) is 16.5 Å². The fourth-order valence-electron chi connectivity index (χ4n) is 3.66.